The Kier molecular flexibility index (Phi) is 7.21. The summed E-state index contributed by atoms with van der Waals surface area (Å²) in [5.74, 6) is 1.75. The van der Waals surface area contributed by atoms with Gasteiger partial charge in [0, 0.05) is 72.4 Å². The van der Waals surface area contributed by atoms with Gasteiger partial charge in [0.15, 0.2) is 11.6 Å². The van der Waals surface area contributed by atoms with Gasteiger partial charge < -0.3 is 19.9 Å². The van der Waals surface area contributed by atoms with E-state index in [1.807, 2.05) is 0 Å². The highest BCUT2D eigenvalue weighted by atomic mass is 79.9. The van der Waals surface area contributed by atoms with Gasteiger partial charge in [-0.2, -0.15) is 0 Å². The number of ether oxygens (including phenoxy) is 1. The number of rotatable bonds is 6. The van der Waals surface area contributed by atoms with Gasteiger partial charge >= 0.3 is 0 Å². The lowest BCUT2D eigenvalue weighted by Gasteiger charge is -2.35. The van der Waals surface area contributed by atoms with E-state index in [-0.39, 0.29) is 0 Å². The lowest BCUT2D eigenvalue weighted by atomic mass is 10.1. The van der Waals surface area contributed by atoms with Gasteiger partial charge in [0.2, 0.25) is 0 Å². The van der Waals surface area contributed by atoms with Crippen LogP contribution in [0.5, 0.6) is 0 Å². The summed E-state index contributed by atoms with van der Waals surface area (Å²) in [7, 11) is 0. The Bertz CT molecular complexity index is 1350. The van der Waals surface area contributed by atoms with Crippen LogP contribution >= 0.6 is 15.9 Å². The van der Waals surface area contributed by atoms with E-state index in [9.17, 15) is 0 Å². The molecular weight excluding hydrogens is 528 g/mol. The average Bonchev–Trinajstić information content (AvgIpc) is 2.95. The second kappa shape index (κ2) is 11.0. The van der Waals surface area contributed by atoms with Crippen molar-refractivity contribution in [3.05, 3.63) is 82.8 Å². The minimum atomic E-state index is 0.784. The molecule has 190 valence electrons. The summed E-state index contributed by atoms with van der Waals surface area (Å²) in [6.45, 7) is 8.26. The SMILES string of the molecule is Brc1cccc(CN2CCN(c3nnc(Nc4ccc(N5CCOCC5)cc4)c4ccccc34)CC2)c1. The molecule has 0 radical (unpaired) electrons. The Labute approximate surface area is 226 Å². The van der Waals surface area contributed by atoms with Gasteiger partial charge in [-0.1, -0.05) is 52.3 Å². The second-order valence-corrected chi connectivity index (χ2v) is 10.5. The number of nitrogens with zero attached hydrogens (tertiary/aromatic N) is 5. The fraction of sp³-hybridized carbons (Fsp3) is 0.310. The van der Waals surface area contributed by atoms with Crippen LogP contribution in [0.25, 0.3) is 10.8 Å². The first kappa shape index (κ1) is 24.2. The summed E-state index contributed by atoms with van der Waals surface area (Å²) in [6, 6.07) is 25.5. The van der Waals surface area contributed by atoms with Crippen molar-refractivity contribution >= 4 is 49.7 Å². The summed E-state index contributed by atoms with van der Waals surface area (Å²) < 4.78 is 6.61. The Hall–Kier alpha value is -3.20. The van der Waals surface area contributed by atoms with Gasteiger partial charge in [-0.25, -0.2) is 0 Å². The van der Waals surface area contributed by atoms with Gasteiger partial charge in [0.25, 0.3) is 0 Å². The van der Waals surface area contributed by atoms with E-state index in [0.29, 0.717) is 0 Å². The first-order valence-corrected chi connectivity index (χ1v) is 13.7. The molecule has 8 heteroatoms. The molecule has 0 aliphatic carbocycles. The van der Waals surface area contributed by atoms with Crippen LogP contribution in [0.2, 0.25) is 0 Å². The largest absolute Gasteiger partial charge is 0.378 e. The maximum absolute atomic E-state index is 5.47. The molecule has 7 nitrogen and oxygen atoms in total. The molecule has 3 heterocycles. The third-order valence-corrected chi connectivity index (χ3v) is 7.63. The number of hydrogen-bond donors (Lipinski definition) is 1. The molecule has 1 aromatic heterocycles. The maximum Gasteiger partial charge on any atom is 0.161 e. The summed E-state index contributed by atoms with van der Waals surface area (Å²) in [4.78, 5) is 7.23. The zero-order valence-electron chi connectivity index (χ0n) is 20.8. The van der Waals surface area contributed by atoms with E-state index in [0.717, 1.165) is 91.6 Å². The highest BCUT2D eigenvalue weighted by Gasteiger charge is 2.21. The normalized spacial score (nSPS) is 16.8. The van der Waals surface area contributed by atoms with Crippen LogP contribution in [0.1, 0.15) is 5.56 Å². The molecule has 2 fully saturated rings. The molecule has 0 amide bonds. The van der Waals surface area contributed by atoms with Crippen molar-refractivity contribution in [2.75, 3.05) is 67.6 Å². The van der Waals surface area contributed by atoms with E-state index in [2.05, 4.69) is 114 Å². The van der Waals surface area contributed by atoms with Gasteiger partial charge in [0.1, 0.15) is 0 Å². The van der Waals surface area contributed by atoms with Crippen LogP contribution < -0.4 is 15.1 Å². The Morgan fingerprint density at radius 3 is 2.27 bits per heavy atom. The van der Waals surface area contributed by atoms with E-state index in [1.54, 1.807) is 0 Å². The fourth-order valence-corrected chi connectivity index (χ4v) is 5.59. The zero-order chi connectivity index (χ0) is 25.0. The molecule has 0 unspecified atom stereocenters. The molecule has 0 atom stereocenters. The molecule has 3 aromatic carbocycles. The van der Waals surface area contributed by atoms with Gasteiger partial charge in [-0.05, 0) is 42.0 Å². The fourth-order valence-electron chi connectivity index (χ4n) is 5.14. The number of fused-ring (bicyclic) bond motifs is 1. The third kappa shape index (κ3) is 5.56. The van der Waals surface area contributed by atoms with Gasteiger partial charge in [-0.3, -0.25) is 4.90 Å². The van der Waals surface area contributed by atoms with E-state index in [1.165, 1.54) is 11.3 Å². The smallest absolute Gasteiger partial charge is 0.161 e. The molecule has 2 aliphatic rings. The lowest BCUT2D eigenvalue weighted by Crippen LogP contribution is -2.46. The Morgan fingerprint density at radius 1 is 0.757 bits per heavy atom. The minimum absolute atomic E-state index is 0.784. The zero-order valence-corrected chi connectivity index (χ0v) is 22.4. The Morgan fingerprint density at radius 2 is 1.51 bits per heavy atom. The number of nitrogens with one attached hydrogen (secondary N) is 1. The summed E-state index contributed by atoms with van der Waals surface area (Å²) in [5, 5.41) is 15.1. The predicted octanol–water partition coefficient (Wildman–Crippen LogP) is 5.29. The van der Waals surface area contributed by atoms with Gasteiger partial charge in [0.05, 0.1) is 13.2 Å². The highest BCUT2D eigenvalue weighted by molar-refractivity contribution is 9.10. The molecule has 2 saturated heterocycles. The van der Waals surface area contributed by atoms with E-state index < -0.39 is 0 Å². The number of anilines is 4. The number of aromatic nitrogens is 2. The van der Waals surface area contributed by atoms with Crippen molar-refractivity contribution in [3.8, 4) is 0 Å². The maximum atomic E-state index is 5.47. The standard InChI is InChI=1S/C29H31BrN6O/c30-23-5-3-4-22(20-23)21-34-12-14-36(15-13-34)29-27-7-2-1-6-26(27)28(32-33-29)31-24-8-10-25(11-9-24)35-16-18-37-19-17-35/h1-11,20H,12-19,21H2,(H,31,32). The van der Waals surface area contributed by atoms with Gasteiger partial charge in [-0.15, -0.1) is 10.2 Å². The summed E-state index contributed by atoms with van der Waals surface area (Å²) >= 11 is 3.58. The van der Waals surface area contributed by atoms with Crippen LogP contribution in [0.3, 0.4) is 0 Å². The van der Waals surface area contributed by atoms with Crippen LogP contribution in [0, 0.1) is 0 Å². The van der Waals surface area contributed by atoms with Crippen molar-refractivity contribution in [3.63, 3.8) is 0 Å². The third-order valence-electron chi connectivity index (χ3n) is 7.14. The molecule has 0 bridgehead atoms. The predicted molar refractivity (Wildman–Crippen MR) is 154 cm³/mol. The van der Waals surface area contributed by atoms with Crippen LogP contribution in [-0.2, 0) is 11.3 Å². The molecule has 37 heavy (non-hydrogen) atoms. The van der Waals surface area contributed by atoms with E-state index in [4.69, 9.17) is 9.84 Å². The van der Waals surface area contributed by atoms with Crippen molar-refractivity contribution in [1.82, 2.24) is 15.1 Å². The molecule has 0 saturated carbocycles. The van der Waals surface area contributed by atoms with Crippen molar-refractivity contribution in [1.29, 1.82) is 0 Å². The average molecular weight is 560 g/mol. The number of hydrogen-bond acceptors (Lipinski definition) is 7. The molecule has 0 spiro atoms. The minimum Gasteiger partial charge on any atom is -0.378 e. The molecule has 2 aliphatic heterocycles. The van der Waals surface area contributed by atoms with Crippen molar-refractivity contribution in [2.24, 2.45) is 0 Å². The Balaban J connectivity index is 1.16. The lowest BCUT2D eigenvalue weighted by molar-refractivity contribution is 0.122. The quantitative estimate of drug-likeness (QED) is 0.345. The molecule has 6 rings (SSSR count). The first-order chi connectivity index (χ1) is 18.2. The second-order valence-electron chi connectivity index (χ2n) is 9.58. The monoisotopic (exact) mass is 558 g/mol. The first-order valence-electron chi connectivity index (χ1n) is 12.9. The number of benzene rings is 3. The number of morpholine rings is 1. The summed E-state index contributed by atoms with van der Waals surface area (Å²) in [5.41, 5.74) is 3.56. The number of piperazine rings is 1. The topological polar surface area (TPSA) is 56.8 Å². The summed E-state index contributed by atoms with van der Waals surface area (Å²) in [6.07, 6.45) is 0. The number of halogens is 1. The molecule has 1 N–H and O–H groups in total. The van der Waals surface area contributed by atoms with Crippen molar-refractivity contribution < 1.29 is 4.74 Å². The highest BCUT2D eigenvalue weighted by Crippen LogP contribution is 2.31. The van der Waals surface area contributed by atoms with Crippen LogP contribution in [-0.4, -0.2) is 67.6 Å². The van der Waals surface area contributed by atoms with Crippen LogP contribution in [0.4, 0.5) is 23.0 Å². The molecule has 4 aromatic rings. The van der Waals surface area contributed by atoms with Crippen molar-refractivity contribution in [2.45, 2.75) is 6.54 Å². The molecular formula is C29H31BrN6O. The van der Waals surface area contributed by atoms with Crippen LogP contribution in [0.15, 0.2) is 77.3 Å². The van der Waals surface area contributed by atoms with E-state index >= 15 is 0 Å².